The van der Waals surface area contributed by atoms with Gasteiger partial charge in [-0.2, -0.15) is 5.10 Å². The third kappa shape index (κ3) is 6.68. The summed E-state index contributed by atoms with van der Waals surface area (Å²) in [6.45, 7) is 6.53. The van der Waals surface area contributed by atoms with E-state index in [0.29, 0.717) is 26.2 Å². The van der Waals surface area contributed by atoms with Gasteiger partial charge in [-0.15, -0.1) is 0 Å². The molecule has 2 heterocycles. The van der Waals surface area contributed by atoms with Crippen LogP contribution >= 0.6 is 0 Å². The van der Waals surface area contributed by atoms with Crippen LogP contribution in [0.4, 0.5) is 0 Å². The second-order valence-electron chi connectivity index (χ2n) is 10.8. The van der Waals surface area contributed by atoms with Gasteiger partial charge in [0.05, 0.1) is 32.1 Å². The van der Waals surface area contributed by atoms with Gasteiger partial charge in [-0.25, -0.2) is 5.01 Å². The highest BCUT2D eigenvalue weighted by molar-refractivity contribution is 6.03. The highest BCUT2D eigenvalue weighted by Crippen LogP contribution is 2.34. The molecule has 2 aromatic rings. The minimum Gasteiger partial charge on any atom is -0.497 e. The van der Waals surface area contributed by atoms with Gasteiger partial charge in [0.25, 0.3) is 5.91 Å². The van der Waals surface area contributed by atoms with Gasteiger partial charge < -0.3 is 14.4 Å². The normalized spacial score (nSPS) is 20.2. The van der Waals surface area contributed by atoms with Gasteiger partial charge in [0.2, 0.25) is 5.91 Å². The molecule has 2 amide bonds. The summed E-state index contributed by atoms with van der Waals surface area (Å²) in [5.41, 5.74) is 4.04. The molecule has 8 heteroatoms. The number of aryl methyl sites for hydroxylation is 1. The molecular formula is C31H40N4O4. The zero-order valence-electron chi connectivity index (χ0n) is 23.2. The SMILES string of the molecule is COc1ccc(C2=NN(C(=O)CN(CCN3CCOCC3)C(=O)C3CCCC3)[C@@H](c3ccc(C)cc3)C2)cc1. The Bertz CT molecular complexity index is 1150. The van der Waals surface area contributed by atoms with Crippen molar-refractivity contribution in [2.24, 2.45) is 11.0 Å². The predicted octanol–water partition coefficient (Wildman–Crippen LogP) is 4.03. The summed E-state index contributed by atoms with van der Waals surface area (Å²) in [5.74, 6) is 0.769. The van der Waals surface area contributed by atoms with Crippen LogP contribution < -0.4 is 4.74 Å². The molecular weight excluding hydrogens is 492 g/mol. The third-order valence-corrected chi connectivity index (χ3v) is 8.18. The lowest BCUT2D eigenvalue weighted by Crippen LogP contribution is -2.47. The van der Waals surface area contributed by atoms with Crippen molar-refractivity contribution in [3.05, 3.63) is 65.2 Å². The number of carbonyl (C=O) groups excluding carboxylic acids is 2. The van der Waals surface area contributed by atoms with Crippen LogP contribution in [0.3, 0.4) is 0 Å². The van der Waals surface area contributed by atoms with Crippen LogP contribution in [0, 0.1) is 12.8 Å². The van der Waals surface area contributed by atoms with Gasteiger partial charge in [0, 0.05) is 38.5 Å². The lowest BCUT2D eigenvalue weighted by molar-refractivity contribution is -0.144. The van der Waals surface area contributed by atoms with Crippen molar-refractivity contribution < 1.29 is 19.1 Å². The molecule has 0 bridgehead atoms. The smallest absolute Gasteiger partial charge is 0.262 e. The first-order valence-corrected chi connectivity index (χ1v) is 14.2. The maximum Gasteiger partial charge on any atom is 0.262 e. The monoisotopic (exact) mass is 532 g/mol. The second-order valence-corrected chi connectivity index (χ2v) is 10.8. The standard InChI is InChI=1S/C31H40N4O4/c1-23-7-9-25(10-8-23)29-21-28(24-11-13-27(38-2)14-12-24)32-35(29)30(36)22-34(31(37)26-5-3-4-6-26)16-15-33-17-19-39-20-18-33/h7-14,26,29H,3-6,15-22H2,1-2H3/t29-/m1/s1. The van der Waals surface area contributed by atoms with E-state index in [2.05, 4.69) is 36.1 Å². The molecule has 0 spiro atoms. The number of methoxy groups -OCH3 is 1. The van der Waals surface area contributed by atoms with Crippen LogP contribution in [0.15, 0.2) is 53.6 Å². The molecule has 2 fully saturated rings. The van der Waals surface area contributed by atoms with E-state index in [4.69, 9.17) is 14.6 Å². The Labute approximate surface area is 231 Å². The first kappa shape index (κ1) is 27.3. The lowest BCUT2D eigenvalue weighted by Gasteiger charge is -2.32. The number of hydrazone groups is 1. The van der Waals surface area contributed by atoms with Gasteiger partial charge in [-0.3, -0.25) is 14.5 Å². The molecule has 2 aliphatic heterocycles. The molecule has 2 aromatic carbocycles. The van der Waals surface area contributed by atoms with Gasteiger partial charge in [-0.1, -0.05) is 42.7 Å². The van der Waals surface area contributed by atoms with Crippen LogP contribution in [-0.2, 0) is 14.3 Å². The first-order chi connectivity index (χ1) is 19.0. The summed E-state index contributed by atoms with van der Waals surface area (Å²) in [6.07, 6.45) is 4.61. The number of benzene rings is 2. The molecule has 0 unspecified atom stereocenters. The fourth-order valence-electron chi connectivity index (χ4n) is 5.77. The number of rotatable bonds is 9. The average Bonchev–Trinajstić information content (AvgIpc) is 3.67. The van der Waals surface area contributed by atoms with Crippen molar-refractivity contribution in [2.45, 2.75) is 45.1 Å². The van der Waals surface area contributed by atoms with Crippen LogP contribution in [0.5, 0.6) is 5.75 Å². The van der Waals surface area contributed by atoms with E-state index in [1.807, 2.05) is 24.3 Å². The molecule has 1 saturated carbocycles. The number of nitrogens with zero attached hydrogens (tertiary/aromatic N) is 4. The molecule has 8 nitrogen and oxygen atoms in total. The maximum absolute atomic E-state index is 13.9. The highest BCUT2D eigenvalue weighted by atomic mass is 16.5. The van der Waals surface area contributed by atoms with Crippen molar-refractivity contribution in [1.29, 1.82) is 0 Å². The van der Waals surface area contributed by atoms with E-state index in [0.717, 1.165) is 67.9 Å². The first-order valence-electron chi connectivity index (χ1n) is 14.2. The molecule has 1 aliphatic carbocycles. The second kappa shape index (κ2) is 12.7. The summed E-state index contributed by atoms with van der Waals surface area (Å²) < 4.78 is 10.8. The average molecular weight is 533 g/mol. The predicted molar refractivity (Wildman–Crippen MR) is 151 cm³/mol. The van der Waals surface area contributed by atoms with E-state index in [9.17, 15) is 9.59 Å². The van der Waals surface area contributed by atoms with E-state index < -0.39 is 0 Å². The summed E-state index contributed by atoms with van der Waals surface area (Å²) in [6, 6.07) is 15.9. The number of morpholine rings is 1. The number of hydrogen-bond donors (Lipinski definition) is 0. The van der Waals surface area contributed by atoms with Crippen molar-refractivity contribution >= 4 is 17.5 Å². The van der Waals surface area contributed by atoms with Gasteiger partial charge in [-0.05, 0) is 55.2 Å². The Morgan fingerprint density at radius 3 is 2.38 bits per heavy atom. The highest BCUT2D eigenvalue weighted by Gasteiger charge is 2.36. The van der Waals surface area contributed by atoms with Gasteiger partial charge >= 0.3 is 0 Å². The van der Waals surface area contributed by atoms with Crippen LogP contribution in [0.2, 0.25) is 0 Å². The molecule has 1 atom stereocenters. The summed E-state index contributed by atoms with van der Waals surface area (Å²) in [4.78, 5) is 31.6. The van der Waals surface area contributed by atoms with E-state index in [1.165, 1.54) is 5.56 Å². The molecule has 0 aromatic heterocycles. The van der Waals surface area contributed by atoms with Gasteiger partial charge in [0.15, 0.2) is 0 Å². The fraction of sp³-hybridized carbons (Fsp3) is 0.516. The number of ether oxygens (including phenoxy) is 2. The maximum atomic E-state index is 13.9. The van der Waals surface area contributed by atoms with Crippen molar-refractivity contribution in [3.63, 3.8) is 0 Å². The van der Waals surface area contributed by atoms with Crippen molar-refractivity contribution in [3.8, 4) is 5.75 Å². The van der Waals surface area contributed by atoms with Crippen molar-refractivity contribution in [2.75, 3.05) is 53.0 Å². The molecule has 208 valence electrons. The van der Waals surface area contributed by atoms with E-state index in [1.54, 1.807) is 17.0 Å². The Morgan fingerprint density at radius 2 is 1.72 bits per heavy atom. The topological polar surface area (TPSA) is 74.7 Å². The number of carbonyl (C=O) groups is 2. The van der Waals surface area contributed by atoms with Crippen molar-refractivity contribution in [1.82, 2.24) is 14.8 Å². The zero-order valence-corrected chi connectivity index (χ0v) is 23.2. The fourth-order valence-corrected chi connectivity index (χ4v) is 5.77. The number of hydrogen-bond acceptors (Lipinski definition) is 6. The largest absolute Gasteiger partial charge is 0.497 e. The zero-order chi connectivity index (χ0) is 27.2. The van der Waals surface area contributed by atoms with E-state index in [-0.39, 0.29) is 30.3 Å². The molecule has 3 aliphatic rings. The van der Waals surface area contributed by atoms with Crippen LogP contribution in [-0.4, -0.2) is 85.4 Å². The Hall–Kier alpha value is -3.23. The molecule has 5 rings (SSSR count). The Morgan fingerprint density at radius 1 is 1.03 bits per heavy atom. The summed E-state index contributed by atoms with van der Waals surface area (Å²) in [5, 5.41) is 6.47. The Kier molecular flexibility index (Phi) is 8.94. The molecule has 1 saturated heterocycles. The minimum absolute atomic E-state index is 0.0207. The summed E-state index contributed by atoms with van der Waals surface area (Å²) >= 11 is 0. The number of amides is 2. The molecule has 39 heavy (non-hydrogen) atoms. The van der Waals surface area contributed by atoms with E-state index >= 15 is 0 Å². The summed E-state index contributed by atoms with van der Waals surface area (Å²) in [7, 11) is 1.65. The van der Waals surface area contributed by atoms with Crippen LogP contribution in [0.25, 0.3) is 0 Å². The third-order valence-electron chi connectivity index (χ3n) is 8.18. The quantitative estimate of drug-likeness (QED) is 0.488. The lowest BCUT2D eigenvalue weighted by atomic mass is 9.97. The van der Waals surface area contributed by atoms with Gasteiger partial charge in [0.1, 0.15) is 12.3 Å². The Balaban J connectivity index is 1.37. The van der Waals surface area contributed by atoms with Crippen LogP contribution in [0.1, 0.15) is 54.8 Å². The minimum atomic E-state index is -0.210. The molecule has 0 N–H and O–H groups in total. The molecule has 0 radical (unpaired) electrons.